The zero-order valence-electron chi connectivity index (χ0n) is 16.1. The minimum Gasteiger partial charge on any atom is -0.497 e. The molecule has 1 N–H and O–H groups in total. The van der Waals surface area contributed by atoms with Gasteiger partial charge in [0.15, 0.2) is 11.5 Å². The Kier molecular flexibility index (Phi) is 5.67. The van der Waals surface area contributed by atoms with E-state index in [1.54, 1.807) is 7.11 Å². The van der Waals surface area contributed by atoms with Crippen LogP contribution in [0.15, 0.2) is 42.5 Å². The van der Waals surface area contributed by atoms with Gasteiger partial charge in [0.2, 0.25) is 12.7 Å². The van der Waals surface area contributed by atoms with Gasteiger partial charge >= 0.3 is 0 Å². The van der Waals surface area contributed by atoms with E-state index in [2.05, 4.69) is 22.3 Å². The number of likely N-dealkylation sites (tertiary alicyclic amines) is 1. The maximum atomic E-state index is 12.7. The van der Waals surface area contributed by atoms with Gasteiger partial charge in [0, 0.05) is 17.8 Å². The van der Waals surface area contributed by atoms with E-state index in [0.717, 1.165) is 30.8 Å². The summed E-state index contributed by atoms with van der Waals surface area (Å²) in [5, 5.41) is 2.99. The lowest BCUT2D eigenvalue weighted by atomic mass is 10.0. The fourth-order valence-corrected chi connectivity index (χ4v) is 3.92. The van der Waals surface area contributed by atoms with Crippen LogP contribution in [0.2, 0.25) is 0 Å². The molecule has 0 bridgehead atoms. The standard InChI is InChI=1S/C22H26N2O4/c1-26-18-9-6-16(7-10-18)19-5-3-2-4-12-24(19)14-22(25)23-17-8-11-20-21(13-17)28-15-27-20/h6-11,13,19H,2-5,12,14-15H2,1H3,(H,23,25). The van der Waals surface area contributed by atoms with E-state index in [-0.39, 0.29) is 18.7 Å². The van der Waals surface area contributed by atoms with E-state index in [1.807, 2.05) is 30.3 Å². The first-order valence-electron chi connectivity index (χ1n) is 9.80. The lowest BCUT2D eigenvalue weighted by Crippen LogP contribution is -2.36. The second kappa shape index (κ2) is 8.52. The summed E-state index contributed by atoms with van der Waals surface area (Å²) in [6.45, 7) is 1.51. The van der Waals surface area contributed by atoms with Gasteiger partial charge in [0.25, 0.3) is 0 Å². The number of ether oxygens (including phenoxy) is 3. The zero-order valence-corrected chi connectivity index (χ0v) is 16.1. The van der Waals surface area contributed by atoms with Crippen molar-refractivity contribution in [3.8, 4) is 17.2 Å². The SMILES string of the molecule is COc1ccc(C2CCCCCN2CC(=O)Nc2ccc3c(c2)OCO3)cc1. The Balaban J connectivity index is 1.44. The van der Waals surface area contributed by atoms with Crippen molar-refractivity contribution in [2.45, 2.75) is 31.7 Å². The van der Waals surface area contributed by atoms with Crippen LogP contribution < -0.4 is 19.5 Å². The van der Waals surface area contributed by atoms with Gasteiger partial charge < -0.3 is 19.5 Å². The van der Waals surface area contributed by atoms with Crippen LogP contribution in [-0.2, 0) is 4.79 Å². The van der Waals surface area contributed by atoms with Gasteiger partial charge in [-0.15, -0.1) is 0 Å². The van der Waals surface area contributed by atoms with Crippen molar-refractivity contribution in [1.82, 2.24) is 4.90 Å². The van der Waals surface area contributed by atoms with Crippen LogP contribution >= 0.6 is 0 Å². The summed E-state index contributed by atoms with van der Waals surface area (Å²) in [6, 6.07) is 13.9. The summed E-state index contributed by atoms with van der Waals surface area (Å²) in [4.78, 5) is 15.0. The zero-order chi connectivity index (χ0) is 19.3. The highest BCUT2D eigenvalue weighted by Crippen LogP contribution is 2.34. The van der Waals surface area contributed by atoms with Crippen molar-refractivity contribution in [2.75, 3.05) is 32.3 Å². The Hall–Kier alpha value is -2.73. The van der Waals surface area contributed by atoms with Crippen LogP contribution in [0.1, 0.15) is 37.3 Å². The Morgan fingerprint density at radius 3 is 2.75 bits per heavy atom. The molecule has 0 spiro atoms. The lowest BCUT2D eigenvalue weighted by Gasteiger charge is -2.29. The quantitative estimate of drug-likeness (QED) is 0.848. The molecule has 1 unspecified atom stereocenters. The van der Waals surface area contributed by atoms with Crippen molar-refractivity contribution in [2.24, 2.45) is 0 Å². The summed E-state index contributed by atoms with van der Waals surface area (Å²) in [6.07, 6.45) is 4.55. The number of hydrogen-bond acceptors (Lipinski definition) is 5. The maximum absolute atomic E-state index is 12.7. The topological polar surface area (TPSA) is 60.0 Å². The first kappa shape index (κ1) is 18.6. The second-order valence-corrected chi connectivity index (χ2v) is 7.22. The maximum Gasteiger partial charge on any atom is 0.238 e. The van der Waals surface area contributed by atoms with Gasteiger partial charge in [0.1, 0.15) is 5.75 Å². The molecule has 28 heavy (non-hydrogen) atoms. The number of carbonyl (C=O) groups is 1. The van der Waals surface area contributed by atoms with Crippen molar-refractivity contribution in [1.29, 1.82) is 0 Å². The number of anilines is 1. The third-order valence-corrected chi connectivity index (χ3v) is 5.37. The van der Waals surface area contributed by atoms with Gasteiger partial charge in [-0.05, 0) is 49.2 Å². The molecule has 148 valence electrons. The van der Waals surface area contributed by atoms with Crippen molar-refractivity contribution < 1.29 is 19.0 Å². The van der Waals surface area contributed by atoms with E-state index < -0.39 is 0 Å². The minimum atomic E-state index is -0.0146. The monoisotopic (exact) mass is 382 g/mol. The molecule has 0 aliphatic carbocycles. The molecule has 2 aliphatic heterocycles. The average Bonchev–Trinajstić information content (AvgIpc) is 3.06. The van der Waals surface area contributed by atoms with Gasteiger partial charge in [-0.1, -0.05) is 25.0 Å². The number of fused-ring (bicyclic) bond motifs is 1. The Labute approximate surface area is 165 Å². The lowest BCUT2D eigenvalue weighted by molar-refractivity contribution is -0.117. The predicted molar refractivity (Wildman–Crippen MR) is 107 cm³/mol. The summed E-state index contributed by atoms with van der Waals surface area (Å²) < 4.78 is 16.0. The highest BCUT2D eigenvalue weighted by molar-refractivity contribution is 5.92. The van der Waals surface area contributed by atoms with Crippen LogP contribution in [-0.4, -0.2) is 37.8 Å². The number of amides is 1. The summed E-state index contributed by atoms with van der Waals surface area (Å²) in [7, 11) is 1.67. The van der Waals surface area contributed by atoms with E-state index in [0.29, 0.717) is 18.0 Å². The molecular formula is C22H26N2O4. The molecule has 1 saturated heterocycles. The Morgan fingerprint density at radius 2 is 1.93 bits per heavy atom. The predicted octanol–water partition coefficient (Wildman–Crippen LogP) is 3.98. The Morgan fingerprint density at radius 1 is 1.11 bits per heavy atom. The second-order valence-electron chi connectivity index (χ2n) is 7.22. The summed E-state index contributed by atoms with van der Waals surface area (Å²) >= 11 is 0. The molecule has 2 heterocycles. The van der Waals surface area contributed by atoms with Crippen LogP contribution in [0, 0.1) is 0 Å². The van der Waals surface area contributed by atoms with Gasteiger partial charge in [-0.25, -0.2) is 0 Å². The highest BCUT2D eigenvalue weighted by Gasteiger charge is 2.25. The average molecular weight is 382 g/mol. The van der Waals surface area contributed by atoms with Crippen molar-refractivity contribution >= 4 is 11.6 Å². The summed E-state index contributed by atoms with van der Waals surface area (Å²) in [5.41, 5.74) is 1.96. The van der Waals surface area contributed by atoms with Gasteiger partial charge in [-0.3, -0.25) is 9.69 Å². The molecular weight excluding hydrogens is 356 g/mol. The molecule has 0 saturated carbocycles. The molecule has 2 aliphatic rings. The van der Waals surface area contributed by atoms with Crippen LogP contribution in [0.3, 0.4) is 0 Å². The first-order valence-corrected chi connectivity index (χ1v) is 9.80. The van der Waals surface area contributed by atoms with E-state index in [9.17, 15) is 4.79 Å². The van der Waals surface area contributed by atoms with Crippen LogP contribution in [0.5, 0.6) is 17.2 Å². The number of carbonyl (C=O) groups excluding carboxylic acids is 1. The van der Waals surface area contributed by atoms with E-state index in [4.69, 9.17) is 14.2 Å². The number of nitrogens with zero attached hydrogens (tertiary/aromatic N) is 1. The fraction of sp³-hybridized carbons (Fsp3) is 0.409. The minimum absolute atomic E-state index is 0.0146. The van der Waals surface area contributed by atoms with Crippen molar-refractivity contribution in [3.63, 3.8) is 0 Å². The molecule has 4 rings (SSSR count). The number of methoxy groups -OCH3 is 1. The number of rotatable bonds is 5. The van der Waals surface area contributed by atoms with E-state index >= 15 is 0 Å². The number of hydrogen-bond donors (Lipinski definition) is 1. The van der Waals surface area contributed by atoms with Crippen LogP contribution in [0.25, 0.3) is 0 Å². The molecule has 6 heteroatoms. The molecule has 0 aromatic heterocycles. The fourth-order valence-electron chi connectivity index (χ4n) is 3.92. The first-order chi connectivity index (χ1) is 13.7. The third kappa shape index (κ3) is 4.22. The number of nitrogens with one attached hydrogen (secondary N) is 1. The molecule has 2 aromatic rings. The molecule has 1 fully saturated rings. The largest absolute Gasteiger partial charge is 0.497 e. The van der Waals surface area contributed by atoms with Gasteiger partial charge in [0.05, 0.1) is 13.7 Å². The molecule has 6 nitrogen and oxygen atoms in total. The summed E-state index contributed by atoms with van der Waals surface area (Å²) in [5.74, 6) is 2.22. The molecule has 1 atom stereocenters. The smallest absolute Gasteiger partial charge is 0.238 e. The molecule has 2 aromatic carbocycles. The third-order valence-electron chi connectivity index (χ3n) is 5.37. The van der Waals surface area contributed by atoms with Gasteiger partial charge in [-0.2, -0.15) is 0 Å². The van der Waals surface area contributed by atoms with Crippen LogP contribution in [0.4, 0.5) is 5.69 Å². The Bertz CT molecular complexity index is 822. The normalized spacial score (nSPS) is 19.1. The molecule has 1 amide bonds. The van der Waals surface area contributed by atoms with Crippen molar-refractivity contribution in [3.05, 3.63) is 48.0 Å². The van der Waals surface area contributed by atoms with E-state index in [1.165, 1.54) is 18.4 Å². The molecule has 0 radical (unpaired) electrons. The number of benzene rings is 2. The highest BCUT2D eigenvalue weighted by atomic mass is 16.7.